The average Bonchev–Trinajstić information content (AvgIpc) is 3.34. The van der Waals surface area contributed by atoms with E-state index in [4.69, 9.17) is 0 Å². The molecule has 0 bridgehead atoms. The minimum Gasteiger partial charge on any atom is -0.370 e. The molecule has 1 unspecified atom stereocenters. The highest BCUT2D eigenvalue weighted by molar-refractivity contribution is 5.92. The molecule has 3 aromatic rings. The summed E-state index contributed by atoms with van der Waals surface area (Å²) in [5.74, 6) is -0.279. The van der Waals surface area contributed by atoms with Crippen LogP contribution in [0.1, 0.15) is 46.9 Å². The predicted octanol–water partition coefficient (Wildman–Crippen LogP) is 3.19. The third-order valence-corrected chi connectivity index (χ3v) is 7.35. The number of rotatable bonds is 4. The molecule has 34 heavy (non-hydrogen) atoms. The number of amides is 1. The number of hydrogen-bond donors (Lipinski definition) is 2. The first-order chi connectivity index (χ1) is 16.4. The Morgan fingerprint density at radius 2 is 1.94 bits per heavy atom. The van der Waals surface area contributed by atoms with Crippen molar-refractivity contribution in [2.45, 2.75) is 38.1 Å². The van der Waals surface area contributed by atoms with Crippen molar-refractivity contribution in [3.63, 3.8) is 0 Å². The SMILES string of the molecule is CNC(=O)c1cc(C)c(N2CCC(N3CCC(c4cc5ccc(F)cc5c(=O)[nH]4)C3)CC2)cn1. The molecule has 2 aromatic heterocycles. The molecule has 2 saturated heterocycles. The minimum atomic E-state index is -0.391. The van der Waals surface area contributed by atoms with Gasteiger partial charge in [-0.25, -0.2) is 9.37 Å². The smallest absolute Gasteiger partial charge is 0.269 e. The predicted molar refractivity (Wildman–Crippen MR) is 131 cm³/mol. The largest absolute Gasteiger partial charge is 0.370 e. The first kappa shape index (κ1) is 22.5. The molecule has 5 rings (SSSR count). The number of aromatic amines is 1. The molecule has 7 nitrogen and oxygen atoms in total. The van der Waals surface area contributed by atoms with Gasteiger partial charge in [-0.3, -0.25) is 14.5 Å². The van der Waals surface area contributed by atoms with Crippen molar-refractivity contribution in [2.24, 2.45) is 0 Å². The van der Waals surface area contributed by atoms with E-state index in [1.54, 1.807) is 13.1 Å². The number of pyridine rings is 2. The Kier molecular flexibility index (Phi) is 6.08. The Morgan fingerprint density at radius 3 is 2.68 bits per heavy atom. The highest BCUT2D eigenvalue weighted by Crippen LogP contribution is 2.32. The summed E-state index contributed by atoms with van der Waals surface area (Å²) in [6.07, 6.45) is 4.95. The van der Waals surface area contributed by atoms with E-state index >= 15 is 0 Å². The number of fused-ring (bicyclic) bond motifs is 1. The summed E-state index contributed by atoms with van der Waals surface area (Å²) in [6.45, 7) is 5.87. The molecule has 178 valence electrons. The number of likely N-dealkylation sites (tertiary alicyclic amines) is 1. The van der Waals surface area contributed by atoms with Gasteiger partial charge in [0.25, 0.3) is 11.5 Å². The number of benzene rings is 1. The second-order valence-electron chi connectivity index (χ2n) is 9.42. The highest BCUT2D eigenvalue weighted by atomic mass is 19.1. The van der Waals surface area contributed by atoms with Crippen LogP contribution in [-0.4, -0.2) is 60.0 Å². The summed E-state index contributed by atoms with van der Waals surface area (Å²) in [4.78, 5) is 36.6. The zero-order valence-electron chi connectivity index (χ0n) is 19.6. The Hall–Kier alpha value is -3.26. The van der Waals surface area contributed by atoms with Crippen LogP contribution in [-0.2, 0) is 0 Å². The van der Waals surface area contributed by atoms with Crippen LogP contribution in [0.3, 0.4) is 0 Å². The van der Waals surface area contributed by atoms with Gasteiger partial charge in [0, 0.05) is 49.7 Å². The van der Waals surface area contributed by atoms with E-state index in [2.05, 4.69) is 25.1 Å². The molecular formula is C26H30FN5O2. The molecular weight excluding hydrogens is 433 g/mol. The van der Waals surface area contributed by atoms with E-state index in [0.717, 1.165) is 67.8 Å². The highest BCUT2D eigenvalue weighted by Gasteiger charge is 2.32. The zero-order chi connectivity index (χ0) is 23.8. The van der Waals surface area contributed by atoms with Gasteiger partial charge in [0.15, 0.2) is 0 Å². The zero-order valence-corrected chi connectivity index (χ0v) is 19.6. The monoisotopic (exact) mass is 463 g/mol. The third-order valence-electron chi connectivity index (χ3n) is 7.35. The average molecular weight is 464 g/mol. The van der Waals surface area contributed by atoms with Crippen LogP contribution in [0.15, 0.2) is 41.3 Å². The van der Waals surface area contributed by atoms with Crippen LogP contribution < -0.4 is 15.8 Å². The number of H-pyrrole nitrogens is 1. The molecule has 0 aliphatic carbocycles. The first-order valence-corrected chi connectivity index (χ1v) is 11.9. The molecule has 2 aliphatic heterocycles. The van der Waals surface area contributed by atoms with Crippen molar-refractivity contribution in [2.75, 3.05) is 38.1 Å². The number of aryl methyl sites for hydroxylation is 1. The van der Waals surface area contributed by atoms with Gasteiger partial charge in [0.05, 0.1) is 11.9 Å². The van der Waals surface area contributed by atoms with Gasteiger partial charge in [0.2, 0.25) is 0 Å². The van der Waals surface area contributed by atoms with Crippen molar-refractivity contribution in [3.8, 4) is 0 Å². The van der Waals surface area contributed by atoms with Gasteiger partial charge < -0.3 is 15.2 Å². The van der Waals surface area contributed by atoms with Crippen LogP contribution in [0.2, 0.25) is 0 Å². The van der Waals surface area contributed by atoms with Crippen molar-refractivity contribution >= 4 is 22.4 Å². The number of hydrogen-bond acceptors (Lipinski definition) is 5. The number of anilines is 1. The lowest BCUT2D eigenvalue weighted by molar-refractivity contribution is 0.0958. The Bertz CT molecular complexity index is 1280. The van der Waals surface area contributed by atoms with Gasteiger partial charge in [-0.05, 0) is 67.9 Å². The van der Waals surface area contributed by atoms with Crippen molar-refractivity contribution in [1.29, 1.82) is 0 Å². The lowest BCUT2D eigenvalue weighted by Crippen LogP contribution is -2.44. The first-order valence-electron chi connectivity index (χ1n) is 11.9. The van der Waals surface area contributed by atoms with Gasteiger partial charge >= 0.3 is 0 Å². The summed E-state index contributed by atoms with van der Waals surface area (Å²) in [6, 6.07) is 8.76. The maximum atomic E-state index is 13.5. The number of piperidine rings is 1. The molecule has 1 amide bonds. The van der Waals surface area contributed by atoms with Crippen molar-refractivity contribution in [3.05, 3.63) is 69.7 Å². The van der Waals surface area contributed by atoms with E-state index in [9.17, 15) is 14.0 Å². The Balaban J connectivity index is 1.22. The molecule has 2 fully saturated rings. The Morgan fingerprint density at radius 1 is 1.15 bits per heavy atom. The number of aromatic nitrogens is 2. The summed E-state index contributed by atoms with van der Waals surface area (Å²) in [7, 11) is 1.61. The number of carbonyl (C=O) groups is 1. The van der Waals surface area contributed by atoms with Crippen molar-refractivity contribution < 1.29 is 9.18 Å². The summed E-state index contributed by atoms with van der Waals surface area (Å²) in [5, 5.41) is 3.81. The standard InChI is InChI=1S/C26H30FN5O2/c1-16-11-23(26(34)28-2)29-14-24(16)31-9-6-20(7-10-31)32-8-5-18(15-32)22-12-17-3-4-19(27)13-21(17)25(33)30-22/h3-4,11-14,18,20H,5-10,15H2,1-2H3,(H,28,34)(H,30,33). The van der Waals surface area contributed by atoms with Crippen LogP contribution in [0, 0.1) is 12.7 Å². The molecule has 2 aliphatic rings. The molecule has 2 N–H and O–H groups in total. The fraction of sp³-hybridized carbons (Fsp3) is 0.423. The summed E-state index contributed by atoms with van der Waals surface area (Å²) < 4.78 is 13.5. The molecule has 0 spiro atoms. The number of nitrogens with one attached hydrogen (secondary N) is 2. The van der Waals surface area contributed by atoms with E-state index in [1.807, 2.05) is 25.3 Å². The minimum absolute atomic E-state index is 0.170. The maximum absolute atomic E-state index is 13.5. The second-order valence-corrected chi connectivity index (χ2v) is 9.42. The van der Waals surface area contributed by atoms with Crippen LogP contribution >= 0.6 is 0 Å². The second kappa shape index (κ2) is 9.18. The van der Waals surface area contributed by atoms with E-state index in [1.165, 1.54) is 12.1 Å². The maximum Gasteiger partial charge on any atom is 0.269 e. The normalized spacial score (nSPS) is 19.6. The Labute approximate surface area is 198 Å². The summed E-state index contributed by atoms with van der Waals surface area (Å²) in [5.41, 5.74) is 3.33. The molecule has 1 atom stereocenters. The lowest BCUT2D eigenvalue weighted by atomic mass is 10.0. The third kappa shape index (κ3) is 4.30. The number of nitrogens with zero attached hydrogens (tertiary/aromatic N) is 3. The summed E-state index contributed by atoms with van der Waals surface area (Å²) >= 11 is 0. The van der Waals surface area contributed by atoms with E-state index < -0.39 is 5.82 Å². The lowest BCUT2D eigenvalue weighted by Gasteiger charge is -2.38. The van der Waals surface area contributed by atoms with Gasteiger partial charge in [-0.15, -0.1) is 0 Å². The van der Waals surface area contributed by atoms with Crippen molar-refractivity contribution in [1.82, 2.24) is 20.2 Å². The van der Waals surface area contributed by atoms with Crippen LogP contribution in [0.25, 0.3) is 10.8 Å². The topological polar surface area (TPSA) is 81.3 Å². The van der Waals surface area contributed by atoms with Gasteiger partial charge in [0.1, 0.15) is 11.5 Å². The number of carbonyl (C=O) groups excluding carboxylic acids is 1. The molecule has 8 heteroatoms. The van der Waals surface area contributed by atoms with E-state index in [-0.39, 0.29) is 17.4 Å². The van der Waals surface area contributed by atoms with Gasteiger partial charge in [-0.1, -0.05) is 6.07 Å². The molecule has 1 aromatic carbocycles. The fourth-order valence-electron chi connectivity index (χ4n) is 5.45. The fourth-order valence-corrected chi connectivity index (χ4v) is 5.45. The van der Waals surface area contributed by atoms with Crippen LogP contribution in [0.4, 0.5) is 10.1 Å². The van der Waals surface area contributed by atoms with E-state index in [0.29, 0.717) is 17.1 Å². The van der Waals surface area contributed by atoms with Gasteiger partial charge in [-0.2, -0.15) is 0 Å². The molecule has 4 heterocycles. The quantitative estimate of drug-likeness (QED) is 0.621. The molecule has 0 radical (unpaired) electrons. The number of halogens is 1. The van der Waals surface area contributed by atoms with Crippen LogP contribution in [0.5, 0.6) is 0 Å². The molecule has 0 saturated carbocycles.